The fraction of sp³-hybridized carbons (Fsp3) is 0.455. The maximum absolute atomic E-state index is 15.7. The number of halogens is 8. The van der Waals surface area contributed by atoms with E-state index in [1.54, 1.807) is 6.07 Å². The van der Waals surface area contributed by atoms with Crippen LogP contribution in [-0.4, -0.2) is 6.36 Å². The number of aryl methyl sites for hydroxylation is 2. The normalized spacial score (nSPS) is 20.8. The number of benzene rings is 3. The van der Waals surface area contributed by atoms with Crippen LogP contribution in [0.2, 0.25) is 0 Å². The second kappa shape index (κ2) is 12.3. The van der Waals surface area contributed by atoms with Crippen molar-refractivity contribution in [2.75, 3.05) is 0 Å². The minimum absolute atomic E-state index is 0.0179. The molecule has 2 aliphatic rings. The number of ether oxygens (including phenoxy) is 1. The molecule has 0 saturated heterocycles. The third-order valence-electron chi connectivity index (χ3n) is 8.98. The van der Waals surface area contributed by atoms with Gasteiger partial charge >= 0.3 is 6.36 Å². The number of alkyl halides is 3. The number of hydrogen-bond donors (Lipinski definition) is 0. The summed E-state index contributed by atoms with van der Waals surface area (Å²) in [5.74, 6) is -6.49. The molecule has 0 spiro atoms. The topological polar surface area (TPSA) is 9.23 Å². The van der Waals surface area contributed by atoms with Gasteiger partial charge in [0.2, 0.25) is 5.82 Å². The van der Waals surface area contributed by atoms with E-state index in [1.165, 1.54) is 6.07 Å². The largest absolute Gasteiger partial charge is 0.573 e. The highest BCUT2D eigenvalue weighted by Gasteiger charge is 2.35. The van der Waals surface area contributed by atoms with Crippen LogP contribution in [0.15, 0.2) is 36.4 Å². The maximum atomic E-state index is 15.7. The Morgan fingerprint density at radius 1 is 0.786 bits per heavy atom. The predicted octanol–water partition coefficient (Wildman–Crippen LogP) is 10.0. The maximum Gasteiger partial charge on any atom is 0.573 e. The van der Waals surface area contributed by atoms with E-state index in [0.717, 1.165) is 37.0 Å². The van der Waals surface area contributed by atoms with E-state index < -0.39 is 47.2 Å². The second-order valence-corrected chi connectivity index (χ2v) is 11.5. The molecule has 0 aliphatic heterocycles. The molecule has 9 heteroatoms. The van der Waals surface area contributed by atoms with Crippen LogP contribution < -0.4 is 4.74 Å². The average molecular weight is 597 g/mol. The first kappa shape index (κ1) is 30.4. The lowest BCUT2D eigenvalue weighted by molar-refractivity contribution is -0.275. The summed E-state index contributed by atoms with van der Waals surface area (Å²) in [5, 5.41) is 0. The van der Waals surface area contributed by atoms with Gasteiger partial charge < -0.3 is 4.74 Å². The summed E-state index contributed by atoms with van der Waals surface area (Å²) in [7, 11) is 0. The lowest BCUT2D eigenvalue weighted by Crippen LogP contribution is -2.21. The molecule has 1 unspecified atom stereocenters. The molecule has 2 aliphatic carbocycles. The van der Waals surface area contributed by atoms with E-state index in [-0.39, 0.29) is 22.9 Å². The van der Waals surface area contributed by atoms with Crippen molar-refractivity contribution in [3.8, 4) is 5.75 Å². The molecule has 5 rings (SSSR count). The van der Waals surface area contributed by atoms with Crippen molar-refractivity contribution >= 4 is 0 Å². The minimum atomic E-state index is -5.16. The zero-order chi connectivity index (χ0) is 30.2. The molecule has 1 atom stereocenters. The van der Waals surface area contributed by atoms with Gasteiger partial charge in [0.1, 0.15) is 17.5 Å². The number of fused-ring (bicyclic) bond motifs is 1. The molecule has 3 aromatic carbocycles. The molecule has 42 heavy (non-hydrogen) atoms. The predicted molar refractivity (Wildman–Crippen MR) is 143 cm³/mol. The molecule has 1 nitrogen and oxygen atoms in total. The first-order valence-electron chi connectivity index (χ1n) is 14.5. The van der Waals surface area contributed by atoms with Crippen LogP contribution in [0.5, 0.6) is 5.75 Å². The van der Waals surface area contributed by atoms with Gasteiger partial charge in [-0.25, -0.2) is 17.6 Å². The van der Waals surface area contributed by atoms with Gasteiger partial charge in [0.05, 0.1) is 0 Å². The molecule has 0 radical (unpaired) electrons. The van der Waals surface area contributed by atoms with E-state index in [1.807, 2.05) is 19.1 Å². The summed E-state index contributed by atoms with van der Waals surface area (Å²) >= 11 is 0. The summed E-state index contributed by atoms with van der Waals surface area (Å²) < 4.78 is 115. The van der Waals surface area contributed by atoms with Gasteiger partial charge in [0.25, 0.3) is 0 Å². The molecule has 0 amide bonds. The Hall–Kier alpha value is -3.10. The molecular weight excluding hydrogens is 564 g/mol. The van der Waals surface area contributed by atoms with Gasteiger partial charge in [-0.05, 0) is 128 Å². The van der Waals surface area contributed by atoms with Crippen molar-refractivity contribution in [3.63, 3.8) is 0 Å². The van der Waals surface area contributed by atoms with E-state index in [2.05, 4.69) is 4.74 Å². The third-order valence-corrected chi connectivity index (χ3v) is 8.98. The van der Waals surface area contributed by atoms with Gasteiger partial charge in [-0.15, -0.1) is 13.2 Å². The van der Waals surface area contributed by atoms with Crippen LogP contribution >= 0.6 is 0 Å². The first-order chi connectivity index (χ1) is 19.9. The fourth-order valence-electron chi connectivity index (χ4n) is 6.69. The van der Waals surface area contributed by atoms with Gasteiger partial charge in [0, 0.05) is 5.56 Å². The molecule has 0 bridgehead atoms. The van der Waals surface area contributed by atoms with Crippen molar-refractivity contribution in [2.24, 2.45) is 5.92 Å². The summed E-state index contributed by atoms with van der Waals surface area (Å²) in [6.45, 7) is 1.97. The standard InChI is InChI=1S/C33H32F8O/c1-2-18-3-6-21(26(34)16-18)7-4-19-5-12-25-23(15-19)17-27(35)29(30(25)36)22-10-8-20(9-11-22)24-13-14-28(32(38)31(24)37)42-33(39,40)41/h3,6,13-14,16-17,19-20,22H,2,4-5,7-12,15H2,1H3. The molecular formula is C33H32F8O. The van der Waals surface area contributed by atoms with Crippen molar-refractivity contribution in [2.45, 2.75) is 89.3 Å². The summed E-state index contributed by atoms with van der Waals surface area (Å²) in [6.07, 6.45) is -0.175. The molecule has 3 aromatic rings. The quantitative estimate of drug-likeness (QED) is 0.247. The van der Waals surface area contributed by atoms with Crippen molar-refractivity contribution in [3.05, 3.63) is 98.9 Å². The summed E-state index contributed by atoms with van der Waals surface area (Å²) in [5.41, 5.74) is 2.68. The number of hydrogen-bond acceptors (Lipinski definition) is 1. The summed E-state index contributed by atoms with van der Waals surface area (Å²) in [4.78, 5) is 0. The minimum Gasteiger partial charge on any atom is -0.403 e. The van der Waals surface area contributed by atoms with Crippen LogP contribution in [0.25, 0.3) is 0 Å². The van der Waals surface area contributed by atoms with Gasteiger partial charge in [0.15, 0.2) is 11.6 Å². The first-order valence-corrected chi connectivity index (χ1v) is 14.5. The number of rotatable bonds is 7. The van der Waals surface area contributed by atoms with Gasteiger partial charge in [-0.1, -0.05) is 25.1 Å². The Balaban J connectivity index is 1.24. The van der Waals surface area contributed by atoms with Gasteiger partial charge in [-0.3, -0.25) is 0 Å². The van der Waals surface area contributed by atoms with Crippen LogP contribution in [-0.2, 0) is 25.7 Å². The van der Waals surface area contributed by atoms with Crippen molar-refractivity contribution < 1.29 is 39.9 Å². The SMILES string of the molecule is CCc1ccc(CCC2CCc3c(cc(F)c(C4CCC(c5ccc(OC(F)(F)F)c(F)c5F)CC4)c3F)C2)c(F)c1. The monoisotopic (exact) mass is 596 g/mol. The van der Waals surface area contributed by atoms with E-state index in [9.17, 15) is 26.3 Å². The summed E-state index contributed by atoms with van der Waals surface area (Å²) in [6, 6.07) is 8.54. The molecule has 0 aromatic heterocycles. The molecule has 1 fully saturated rings. The average Bonchev–Trinajstić information content (AvgIpc) is 2.94. The smallest absolute Gasteiger partial charge is 0.403 e. The van der Waals surface area contributed by atoms with Crippen LogP contribution in [0.3, 0.4) is 0 Å². The lowest BCUT2D eigenvalue weighted by atomic mass is 9.74. The van der Waals surface area contributed by atoms with E-state index in [0.29, 0.717) is 61.6 Å². The van der Waals surface area contributed by atoms with Crippen molar-refractivity contribution in [1.82, 2.24) is 0 Å². The Kier molecular flexibility index (Phi) is 8.86. The zero-order valence-electron chi connectivity index (χ0n) is 23.2. The van der Waals surface area contributed by atoms with Crippen LogP contribution in [0.1, 0.15) is 90.7 Å². The molecule has 0 heterocycles. The molecule has 1 saturated carbocycles. The molecule has 0 N–H and O–H groups in total. The Morgan fingerprint density at radius 3 is 2.17 bits per heavy atom. The van der Waals surface area contributed by atoms with Crippen molar-refractivity contribution in [1.29, 1.82) is 0 Å². The highest BCUT2D eigenvalue weighted by atomic mass is 19.4. The van der Waals surface area contributed by atoms with Crippen LogP contribution in [0.4, 0.5) is 35.1 Å². The van der Waals surface area contributed by atoms with Gasteiger partial charge in [-0.2, -0.15) is 4.39 Å². The highest BCUT2D eigenvalue weighted by Crippen LogP contribution is 2.45. The molecule has 226 valence electrons. The lowest BCUT2D eigenvalue weighted by Gasteiger charge is -2.32. The Bertz CT molecular complexity index is 1440. The fourth-order valence-corrected chi connectivity index (χ4v) is 6.69. The Morgan fingerprint density at radius 2 is 1.50 bits per heavy atom. The zero-order valence-corrected chi connectivity index (χ0v) is 23.2. The van der Waals surface area contributed by atoms with E-state index in [4.69, 9.17) is 0 Å². The highest BCUT2D eigenvalue weighted by molar-refractivity contribution is 5.40. The Labute approximate surface area is 239 Å². The van der Waals surface area contributed by atoms with E-state index >= 15 is 8.78 Å². The van der Waals surface area contributed by atoms with Crippen LogP contribution in [0, 0.1) is 35.0 Å². The third kappa shape index (κ3) is 6.45. The second-order valence-electron chi connectivity index (χ2n) is 11.5.